The molecule has 0 aliphatic carbocycles. The van der Waals surface area contributed by atoms with Crippen molar-refractivity contribution in [3.8, 4) is 5.75 Å². The van der Waals surface area contributed by atoms with E-state index in [9.17, 15) is 9.59 Å². The molecule has 0 aromatic heterocycles. The zero-order chi connectivity index (χ0) is 15.1. The first-order chi connectivity index (χ1) is 9.49. The van der Waals surface area contributed by atoms with Gasteiger partial charge in [-0.15, -0.1) is 0 Å². The Morgan fingerprint density at radius 2 is 2.00 bits per heavy atom. The molecule has 1 aromatic rings. The zero-order valence-corrected chi connectivity index (χ0v) is 12.7. The van der Waals surface area contributed by atoms with Crippen molar-refractivity contribution in [3.05, 3.63) is 29.3 Å². The first-order valence-corrected chi connectivity index (χ1v) is 6.91. The van der Waals surface area contributed by atoms with Gasteiger partial charge in [0.2, 0.25) is 5.91 Å². The van der Waals surface area contributed by atoms with Crippen molar-refractivity contribution in [3.63, 3.8) is 0 Å². The molecule has 0 saturated heterocycles. The predicted molar refractivity (Wildman–Crippen MR) is 79.2 cm³/mol. The normalized spacial score (nSPS) is 10.2. The van der Waals surface area contributed by atoms with Crippen LogP contribution in [0.1, 0.15) is 42.6 Å². The van der Waals surface area contributed by atoms with Crippen molar-refractivity contribution >= 4 is 11.7 Å². The highest BCUT2D eigenvalue weighted by Gasteiger charge is 2.14. The maximum absolute atomic E-state index is 12.2. The average Bonchev–Trinajstić information content (AvgIpc) is 2.44. The van der Waals surface area contributed by atoms with Crippen LogP contribution >= 0.6 is 0 Å². The van der Waals surface area contributed by atoms with E-state index in [4.69, 9.17) is 4.74 Å². The van der Waals surface area contributed by atoms with E-state index >= 15 is 0 Å². The Bertz CT molecular complexity index is 483. The molecule has 0 heterocycles. The highest BCUT2D eigenvalue weighted by molar-refractivity contribution is 5.94. The highest BCUT2D eigenvalue weighted by Crippen LogP contribution is 2.21. The number of ether oxygens (including phenoxy) is 1. The van der Waals surface area contributed by atoms with Crippen LogP contribution in [0.25, 0.3) is 0 Å². The second kappa shape index (κ2) is 7.68. The molecule has 0 bridgehead atoms. The van der Waals surface area contributed by atoms with Gasteiger partial charge < -0.3 is 9.64 Å². The summed E-state index contributed by atoms with van der Waals surface area (Å²) < 4.78 is 5.26. The molecule has 20 heavy (non-hydrogen) atoms. The summed E-state index contributed by atoms with van der Waals surface area (Å²) in [5.74, 6) is 0.672. The fourth-order valence-corrected chi connectivity index (χ4v) is 1.95. The lowest BCUT2D eigenvalue weighted by atomic mass is 10.0. The van der Waals surface area contributed by atoms with E-state index in [-0.39, 0.29) is 18.1 Å². The molecule has 4 nitrogen and oxygen atoms in total. The van der Waals surface area contributed by atoms with Crippen molar-refractivity contribution in [1.82, 2.24) is 4.90 Å². The molecule has 1 aromatic carbocycles. The fourth-order valence-electron chi connectivity index (χ4n) is 1.95. The fraction of sp³-hybridized carbons (Fsp3) is 0.500. The molecule has 0 unspecified atom stereocenters. The summed E-state index contributed by atoms with van der Waals surface area (Å²) in [7, 11) is 3.37. The second-order valence-corrected chi connectivity index (χ2v) is 4.93. The summed E-state index contributed by atoms with van der Waals surface area (Å²) in [4.78, 5) is 25.3. The quantitative estimate of drug-likeness (QED) is 0.720. The molecule has 0 radical (unpaired) electrons. The number of nitrogens with zero attached hydrogens (tertiary/aromatic N) is 1. The van der Waals surface area contributed by atoms with E-state index in [0.717, 1.165) is 24.9 Å². The van der Waals surface area contributed by atoms with Crippen LogP contribution in [0.5, 0.6) is 5.75 Å². The number of ketones is 1. The van der Waals surface area contributed by atoms with Crippen molar-refractivity contribution in [2.75, 3.05) is 20.7 Å². The highest BCUT2D eigenvalue weighted by atomic mass is 16.5. The molecule has 110 valence electrons. The van der Waals surface area contributed by atoms with Gasteiger partial charge in [-0.3, -0.25) is 9.59 Å². The summed E-state index contributed by atoms with van der Waals surface area (Å²) in [6.45, 7) is 4.36. The van der Waals surface area contributed by atoms with Gasteiger partial charge in [0.1, 0.15) is 5.75 Å². The number of Topliss-reactive ketones (excluding diaryl/α,β-unsaturated/α-hetero) is 1. The molecular weight excluding hydrogens is 254 g/mol. The summed E-state index contributed by atoms with van der Waals surface area (Å²) >= 11 is 0. The standard InChI is InChI=1S/C16H23NO3/c1-5-6-9-17(3)16(19)11-14-10-13(12(2)18)7-8-15(14)20-4/h7-8,10H,5-6,9,11H2,1-4H3. The largest absolute Gasteiger partial charge is 0.496 e. The van der Waals surface area contributed by atoms with Crippen LogP contribution in [0, 0.1) is 0 Å². The summed E-state index contributed by atoms with van der Waals surface area (Å²) in [5, 5.41) is 0. The molecule has 0 atom stereocenters. The number of carbonyl (C=O) groups is 2. The number of amides is 1. The maximum Gasteiger partial charge on any atom is 0.226 e. The molecule has 0 spiro atoms. The van der Waals surface area contributed by atoms with Gasteiger partial charge in [0, 0.05) is 24.7 Å². The number of hydrogen-bond acceptors (Lipinski definition) is 3. The Morgan fingerprint density at radius 3 is 2.55 bits per heavy atom. The van der Waals surface area contributed by atoms with Crippen LogP contribution in [0.3, 0.4) is 0 Å². The molecule has 1 rings (SSSR count). The van der Waals surface area contributed by atoms with Gasteiger partial charge in [0.15, 0.2) is 5.78 Å². The lowest BCUT2D eigenvalue weighted by Gasteiger charge is -2.18. The Kier molecular flexibility index (Phi) is 6.22. The van der Waals surface area contributed by atoms with E-state index in [2.05, 4.69) is 6.92 Å². The number of unbranched alkanes of at least 4 members (excludes halogenated alkanes) is 1. The number of rotatable bonds is 7. The number of benzene rings is 1. The third-order valence-corrected chi connectivity index (χ3v) is 3.30. The van der Waals surface area contributed by atoms with Crippen molar-refractivity contribution in [2.24, 2.45) is 0 Å². The number of likely N-dealkylation sites (N-methyl/N-ethyl adjacent to an activating group) is 1. The minimum Gasteiger partial charge on any atom is -0.496 e. The lowest BCUT2D eigenvalue weighted by molar-refractivity contribution is -0.129. The van der Waals surface area contributed by atoms with Crippen LogP contribution in [0.2, 0.25) is 0 Å². The molecule has 0 aliphatic heterocycles. The monoisotopic (exact) mass is 277 g/mol. The summed E-state index contributed by atoms with van der Waals surface area (Å²) in [6.07, 6.45) is 2.30. The average molecular weight is 277 g/mol. The van der Waals surface area contributed by atoms with Gasteiger partial charge in [-0.25, -0.2) is 0 Å². The van der Waals surface area contributed by atoms with Gasteiger partial charge in [-0.1, -0.05) is 13.3 Å². The van der Waals surface area contributed by atoms with Crippen LogP contribution in [-0.2, 0) is 11.2 Å². The Balaban J connectivity index is 2.86. The number of hydrogen-bond donors (Lipinski definition) is 0. The molecule has 4 heteroatoms. The SMILES string of the molecule is CCCCN(C)C(=O)Cc1cc(C(C)=O)ccc1OC. The zero-order valence-electron chi connectivity index (χ0n) is 12.7. The van der Waals surface area contributed by atoms with E-state index < -0.39 is 0 Å². The Hall–Kier alpha value is -1.84. The van der Waals surface area contributed by atoms with Crippen molar-refractivity contribution < 1.29 is 14.3 Å². The van der Waals surface area contributed by atoms with Crippen molar-refractivity contribution in [1.29, 1.82) is 0 Å². The minimum absolute atomic E-state index is 0.0133. The number of carbonyl (C=O) groups excluding carboxylic acids is 2. The van der Waals surface area contributed by atoms with E-state index in [1.165, 1.54) is 6.92 Å². The van der Waals surface area contributed by atoms with Gasteiger partial charge in [0.25, 0.3) is 0 Å². The first-order valence-electron chi connectivity index (χ1n) is 6.91. The first kappa shape index (κ1) is 16.2. The molecule has 0 N–H and O–H groups in total. The molecular formula is C16H23NO3. The Labute approximate surface area is 120 Å². The lowest BCUT2D eigenvalue weighted by Crippen LogP contribution is -2.29. The predicted octanol–water partition coefficient (Wildman–Crippen LogP) is 2.70. The maximum atomic E-state index is 12.2. The third kappa shape index (κ3) is 4.37. The summed E-state index contributed by atoms with van der Waals surface area (Å²) in [6, 6.07) is 5.20. The van der Waals surface area contributed by atoms with Gasteiger partial charge in [-0.2, -0.15) is 0 Å². The van der Waals surface area contributed by atoms with Crippen LogP contribution in [-0.4, -0.2) is 37.3 Å². The third-order valence-electron chi connectivity index (χ3n) is 3.30. The van der Waals surface area contributed by atoms with Crippen LogP contribution < -0.4 is 4.74 Å². The molecule has 0 aliphatic rings. The Morgan fingerprint density at radius 1 is 1.30 bits per heavy atom. The second-order valence-electron chi connectivity index (χ2n) is 4.93. The smallest absolute Gasteiger partial charge is 0.226 e. The molecule has 0 saturated carbocycles. The van der Waals surface area contributed by atoms with Crippen molar-refractivity contribution in [2.45, 2.75) is 33.1 Å². The minimum atomic E-state index is -0.0133. The van der Waals surface area contributed by atoms with Gasteiger partial charge >= 0.3 is 0 Å². The topological polar surface area (TPSA) is 46.6 Å². The van der Waals surface area contributed by atoms with Crippen LogP contribution in [0.15, 0.2) is 18.2 Å². The van der Waals surface area contributed by atoms with E-state index in [0.29, 0.717) is 11.3 Å². The molecule has 1 amide bonds. The van der Waals surface area contributed by atoms with Crippen LogP contribution in [0.4, 0.5) is 0 Å². The van der Waals surface area contributed by atoms with E-state index in [1.807, 2.05) is 0 Å². The summed E-state index contributed by atoms with van der Waals surface area (Å²) in [5.41, 5.74) is 1.36. The van der Waals surface area contributed by atoms with Gasteiger partial charge in [-0.05, 0) is 31.5 Å². The van der Waals surface area contributed by atoms with Gasteiger partial charge in [0.05, 0.1) is 13.5 Å². The number of methoxy groups -OCH3 is 1. The molecule has 0 fully saturated rings. The van der Waals surface area contributed by atoms with E-state index in [1.54, 1.807) is 37.3 Å².